The van der Waals surface area contributed by atoms with E-state index in [1.54, 1.807) is 12.1 Å². The van der Waals surface area contributed by atoms with Gasteiger partial charge in [-0.05, 0) is 24.3 Å². The molecule has 0 saturated heterocycles. The summed E-state index contributed by atoms with van der Waals surface area (Å²) in [5.74, 6) is 0.121. The maximum Gasteiger partial charge on any atom is 0.266 e. The maximum absolute atomic E-state index is 13.9. The van der Waals surface area contributed by atoms with Crippen molar-refractivity contribution in [2.45, 2.75) is 11.4 Å². The predicted octanol–water partition coefficient (Wildman–Crippen LogP) is 3.54. The SMILES string of the molecule is COc1ccc(OC)c(S(=O)(=O)Nc2ccn(Cc3c(F)cccc3Cl)n2)c1. The quantitative estimate of drug-likeness (QED) is 0.626. The van der Waals surface area contributed by atoms with Gasteiger partial charge in [-0.3, -0.25) is 9.40 Å². The average Bonchev–Trinajstić information content (AvgIpc) is 3.10. The number of rotatable bonds is 7. The fourth-order valence-corrected chi connectivity index (χ4v) is 3.94. The molecule has 1 heterocycles. The van der Waals surface area contributed by atoms with Crippen molar-refractivity contribution < 1.29 is 22.3 Å². The summed E-state index contributed by atoms with van der Waals surface area (Å²) in [6.07, 6.45) is 1.52. The van der Waals surface area contributed by atoms with Crippen LogP contribution in [-0.4, -0.2) is 32.4 Å². The van der Waals surface area contributed by atoms with Gasteiger partial charge in [0.2, 0.25) is 0 Å². The molecule has 2 aromatic carbocycles. The van der Waals surface area contributed by atoms with E-state index in [4.69, 9.17) is 21.1 Å². The lowest BCUT2D eigenvalue weighted by atomic mass is 10.2. The van der Waals surface area contributed by atoms with Gasteiger partial charge in [0.15, 0.2) is 5.82 Å². The van der Waals surface area contributed by atoms with Crippen molar-refractivity contribution in [1.82, 2.24) is 9.78 Å². The second kappa shape index (κ2) is 8.07. The van der Waals surface area contributed by atoms with Gasteiger partial charge in [0.25, 0.3) is 10.0 Å². The first kappa shape index (κ1) is 20.0. The Hall–Kier alpha value is -2.78. The van der Waals surface area contributed by atoms with Crippen LogP contribution in [0.4, 0.5) is 10.2 Å². The number of nitrogens with zero attached hydrogens (tertiary/aromatic N) is 2. The predicted molar refractivity (Wildman–Crippen MR) is 103 cm³/mol. The van der Waals surface area contributed by atoms with E-state index < -0.39 is 15.8 Å². The van der Waals surface area contributed by atoms with Crippen LogP contribution in [-0.2, 0) is 16.6 Å². The summed E-state index contributed by atoms with van der Waals surface area (Å²) in [4.78, 5) is -0.0963. The molecule has 0 aliphatic heterocycles. The summed E-state index contributed by atoms with van der Waals surface area (Å²) in [6.45, 7) is 0.0513. The van der Waals surface area contributed by atoms with Gasteiger partial charge in [-0.2, -0.15) is 5.10 Å². The number of aromatic nitrogens is 2. The molecule has 28 heavy (non-hydrogen) atoms. The summed E-state index contributed by atoms with van der Waals surface area (Å²) in [5.41, 5.74) is 0.260. The molecule has 3 rings (SSSR count). The van der Waals surface area contributed by atoms with Gasteiger partial charge in [-0.15, -0.1) is 0 Å². The number of sulfonamides is 1. The number of methoxy groups -OCH3 is 2. The van der Waals surface area contributed by atoms with E-state index in [9.17, 15) is 12.8 Å². The molecule has 0 spiro atoms. The highest BCUT2D eigenvalue weighted by Crippen LogP contribution is 2.29. The molecular formula is C18H17ClFN3O4S. The fourth-order valence-electron chi connectivity index (χ4n) is 2.54. The highest BCUT2D eigenvalue weighted by molar-refractivity contribution is 7.92. The first-order valence-electron chi connectivity index (χ1n) is 8.05. The molecule has 0 atom stereocenters. The van der Waals surface area contributed by atoms with Crippen LogP contribution in [0.2, 0.25) is 5.02 Å². The zero-order chi connectivity index (χ0) is 20.3. The monoisotopic (exact) mass is 425 g/mol. The van der Waals surface area contributed by atoms with E-state index in [1.165, 1.54) is 55.4 Å². The maximum atomic E-state index is 13.9. The summed E-state index contributed by atoms with van der Waals surface area (Å²) in [6, 6.07) is 10.3. The first-order chi connectivity index (χ1) is 13.3. The van der Waals surface area contributed by atoms with Crippen LogP contribution in [0.5, 0.6) is 11.5 Å². The Labute approximate surface area is 166 Å². The third-order valence-corrected chi connectivity index (χ3v) is 5.65. The molecule has 0 unspecified atom stereocenters. The average molecular weight is 426 g/mol. The first-order valence-corrected chi connectivity index (χ1v) is 9.91. The molecule has 0 bridgehead atoms. The Morgan fingerprint density at radius 3 is 2.64 bits per heavy atom. The summed E-state index contributed by atoms with van der Waals surface area (Å²) in [5, 5.41) is 4.39. The Kier molecular flexibility index (Phi) is 5.76. The Morgan fingerprint density at radius 2 is 1.96 bits per heavy atom. The van der Waals surface area contributed by atoms with Gasteiger partial charge in [-0.25, -0.2) is 12.8 Å². The molecule has 0 radical (unpaired) electrons. The number of nitrogens with one attached hydrogen (secondary N) is 1. The normalized spacial score (nSPS) is 11.3. The van der Waals surface area contributed by atoms with E-state index in [1.807, 2.05) is 0 Å². The van der Waals surface area contributed by atoms with E-state index >= 15 is 0 Å². The minimum absolute atomic E-state index is 0.0513. The van der Waals surface area contributed by atoms with Crippen molar-refractivity contribution in [2.75, 3.05) is 18.9 Å². The lowest BCUT2D eigenvalue weighted by Crippen LogP contribution is -2.15. The van der Waals surface area contributed by atoms with Crippen LogP contribution < -0.4 is 14.2 Å². The van der Waals surface area contributed by atoms with Crippen molar-refractivity contribution in [1.29, 1.82) is 0 Å². The second-order valence-electron chi connectivity index (χ2n) is 5.72. The molecular weight excluding hydrogens is 409 g/mol. The van der Waals surface area contributed by atoms with Gasteiger partial charge in [0, 0.05) is 28.9 Å². The van der Waals surface area contributed by atoms with Gasteiger partial charge in [-0.1, -0.05) is 17.7 Å². The van der Waals surface area contributed by atoms with E-state index in [0.717, 1.165) is 0 Å². The van der Waals surface area contributed by atoms with Gasteiger partial charge < -0.3 is 9.47 Å². The van der Waals surface area contributed by atoms with Crippen LogP contribution in [0.3, 0.4) is 0 Å². The van der Waals surface area contributed by atoms with Crippen LogP contribution in [0, 0.1) is 5.82 Å². The van der Waals surface area contributed by atoms with Gasteiger partial charge >= 0.3 is 0 Å². The lowest BCUT2D eigenvalue weighted by molar-refractivity contribution is 0.392. The zero-order valence-electron chi connectivity index (χ0n) is 15.0. The van der Waals surface area contributed by atoms with Gasteiger partial charge in [0.05, 0.1) is 20.8 Å². The minimum atomic E-state index is -4.00. The van der Waals surface area contributed by atoms with E-state index in [2.05, 4.69) is 9.82 Å². The smallest absolute Gasteiger partial charge is 0.266 e. The van der Waals surface area contributed by atoms with Crippen molar-refractivity contribution in [3.8, 4) is 11.5 Å². The number of hydrogen-bond donors (Lipinski definition) is 1. The highest BCUT2D eigenvalue weighted by Gasteiger charge is 2.22. The molecule has 10 heteroatoms. The summed E-state index contributed by atoms with van der Waals surface area (Å²) < 4.78 is 53.4. The van der Waals surface area contributed by atoms with Crippen LogP contribution >= 0.6 is 11.6 Å². The fraction of sp³-hybridized carbons (Fsp3) is 0.167. The number of benzene rings is 2. The Morgan fingerprint density at radius 1 is 1.18 bits per heavy atom. The molecule has 3 aromatic rings. The summed E-state index contributed by atoms with van der Waals surface area (Å²) >= 11 is 6.02. The number of hydrogen-bond acceptors (Lipinski definition) is 5. The largest absolute Gasteiger partial charge is 0.497 e. The number of ether oxygens (including phenoxy) is 2. The van der Waals surface area contributed by atoms with Crippen molar-refractivity contribution in [3.63, 3.8) is 0 Å². The van der Waals surface area contributed by atoms with Gasteiger partial charge in [0.1, 0.15) is 22.2 Å². The van der Waals surface area contributed by atoms with Crippen LogP contribution in [0.25, 0.3) is 0 Å². The number of anilines is 1. The molecule has 0 saturated carbocycles. The van der Waals surface area contributed by atoms with Crippen molar-refractivity contribution >= 4 is 27.4 Å². The second-order valence-corrected chi connectivity index (χ2v) is 7.78. The van der Waals surface area contributed by atoms with Crippen LogP contribution in [0.15, 0.2) is 53.6 Å². The third-order valence-electron chi connectivity index (χ3n) is 3.92. The molecule has 7 nitrogen and oxygen atoms in total. The highest BCUT2D eigenvalue weighted by atomic mass is 35.5. The zero-order valence-corrected chi connectivity index (χ0v) is 16.6. The van der Waals surface area contributed by atoms with Crippen molar-refractivity contribution in [2.24, 2.45) is 0 Å². The molecule has 0 aliphatic carbocycles. The molecule has 148 valence electrons. The summed E-state index contributed by atoms with van der Waals surface area (Å²) in [7, 11) is -1.20. The molecule has 0 fully saturated rings. The molecule has 0 amide bonds. The molecule has 1 aromatic heterocycles. The van der Waals surface area contributed by atoms with Crippen LogP contribution in [0.1, 0.15) is 5.56 Å². The van der Waals surface area contributed by atoms with Crippen molar-refractivity contribution in [3.05, 3.63) is 65.1 Å². The Balaban J connectivity index is 1.85. The standard InChI is InChI=1S/C18H17ClFN3O4S/c1-26-12-6-7-16(27-2)17(10-12)28(24,25)22-18-8-9-23(21-18)11-13-14(19)4-3-5-15(13)20/h3-10H,11H2,1-2H3,(H,21,22). The lowest BCUT2D eigenvalue weighted by Gasteiger charge is -2.11. The number of halogens is 2. The topological polar surface area (TPSA) is 82.5 Å². The minimum Gasteiger partial charge on any atom is -0.497 e. The third kappa shape index (κ3) is 4.20. The molecule has 1 N–H and O–H groups in total. The molecule has 0 aliphatic rings. The van der Waals surface area contributed by atoms with E-state index in [0.29, 0.717) is 5.75 Å². The van der Waals surface area contributed by atoms with E-state index in [-0.39, 0.29) is 33.6 Å². The Bertz CT molecular complexity index is 1080.